The number of nitrogens with one attached hydrogen (secondary N) is 2. The Balaban J connectivity index is 1.50. The Bertz CT molecular complexity index is 1740. The molecule has 4 N–H and O–H groups in total. The first kappa shape index (κ1) is 30.0. The van der Waals surface area contributed by atoms with Gasteiger partial charge in [0.05, 0.1) is 28.2 Å². The summed E-state index contributed by atoms with van der Waals surface area (Å²) in [5.74, 6) is -0.822. The van der Waals surface area contributed by atoms with Crippen LogP contribution in [0.2, 0.25) is 5.02 Å². The molecule has 0 radical (unpaired) electrons. The molecule has 0 atom stereocenters. The Labute approximate surface area is 246 Å². The van der Waals surface area contributed by atoms with Crippen LogP contribution >= 0.6 is 11.6 Å². The molecule has 3 heterocycles. The normalized spacial score (nSPS) is 11.2. The van der Waals surface area contributed by atoms with Gasteiger partial charge in [-0.2, -0.15) is 10.4 Å². The number of amides is 3. The number of rotatable bonds is 7. The summed E-state index contributed by atoms with van der Waals surface area (Å²) in [5.41, 5.74) is 8.38. The van der Waals surface area contributed by atoms with E-state index in [2.05, 4.69) is 25.7 Å². The van der Waals surface area contributed by atoms with E-state index >= 15 is 0 Å². The smallest absolute Gasteiger partial charge is 0.413 e. The van der Waals surface area contributed by atoms with Gasteiger partial charge in [-0.05, 0) is 75.6 Å². The number of hydrogen-bond acceptors (Lipinski definition) is 8. The lowest BCUT2D eigenvalue weighted by molar-refractivity contribution is 0.0635. The second-order valence-electron chi connectivity index (χ2n) is 10.6. The first-order chi connectivity index (χ1) is 19.7. The second kappa shape index (κ2) is 11.8. The molecule has 3 aromatic heterocycles. The highest BCUT2D eigenvalue weighted by atomic mass is 35.5. The zero-order valence-electron chi connectivity index (χ0n) is 23.7. The maximum Gasteiger partial charge on any atom is 0.413 e. The molecule has 3 amide bonds. The molecule has 0 fully saturated rings. The highest BCUT2D eigenvalue weighted by Crippen LogP contribution is 2.23. The molecule has 0 saturated carbocycles. The average molecular weight is 589 g/mol. The fraction of sp³-hybridized carbons (Fsp3) is 0.276. The van der Waals surface area contributed by atoms with Crippen molar-refractivity contribution in [2.24, 2.45) is 5.73 Å². The number of fused-ring (bicyclic) bond motifs is 1. The number of aromatic nitrogens is 4. The molecule has 13 heteroatoms. The van der Waals surface area contributed by atoms with Gasteiger partial charge in [0.2, 0.25) is 0 Å². The Morgan fingerprint density at radius 2 is 1.88 bits per heavy atom. The highest BCUT2D eigenvalue weighted by molar-refractivity contribution is 6.31. The van der Waals surface area contributed by atoms with E-state index in [4.69, 9.17) is 22.1 Å². The van der Waals surface area contributed by atoms with Crippen LogP contribution in [0.1, 0.15) is 69.6 Å². The summed E-state index contributed by atoms with van der Waals surface area (Å²) in [6.45, 7) is 9.18. The number of halogens is 1. The van der Waals surface area contributed by atoms with Crippen molar-refractivity contribution >= 4 is 46.2 Å². The van der Waals surface area contributed by atoms with Crippen molar-refractivity contribution in [3.05, 3.63) is 80.9 Å². The van der Waals surface area contributed by atoms with E-state index < -0.39 is 23.5 Å². The SMILES string of the molecule is Cc1cc(NC(=O)OC(C)(C)C)nc(C)c1CNC(=O)c1cn(Cc2cc(C(N)=O)c3ncc(Cl)cc3c2)nc1C#N. The minimum absolute atomic E-state index is 0.0587. The van der Waals surface area contributed by atoms with Crippen LogP contribution in [0, 0.1) is 25.2 Å². The lowest BCUT2D eigenvalue weighted by atomic mass is 10.0. The minimum Gasteiger partial charge on any atom is -0.444 e. The van der Waals surface area contributed by atoms with E-state index in [1.54, 1.807) is 52.0 Å². The summed E-state index contributed by atoms with van der Waals surface area (Å²) in [7, 11) is 0. The van der Waals surface area contributed by atoms with Crippen LogP contribution in [0.25, 0.3) is 10.9 Å². The van der Waals surface area contributed by atoms with Crippen molar-refractivity contribution in [1.29, 1.82) is 5.26 Å². The number of nitriles is 1. The maximum absolute atomic E-state index is 13.1. The van der Waals surface area contributed by atoms with E-state index in [1.807, 2.05) is 13.0 Å². The lowest BCUT2D eigenvalue weighted by Crippen LogP contribution is -2.28. The quantitative estimate of drug-likeness (QED) is 0.284. The van der Waals surface area contributed by atoms with Crippen LogP contribution in [0.4, 0.5) is 10.6 Å². The van der Waals surface area contributed by atoms with E-state index in [9.17, 15) is 19.6 Å². The molecule has 216 valence electrons. The van der Waals surface area contributed by atoms with Crippen LogP contribution < -0.4 is 16.4 Å². The average Bonchev–Trinajstić information content (AvgIpc) is 3.29. The summed E-state index contributed by atoms with van der Waals surface area (Å²) in [6, 6.07) is 8.69. The van der Waals surface area contributed by atoms with Gasteiger partial charge in [-0.3, -0.25) is 24.6 Å². The number of benzene rings is 1. The number of anilines is 1. The van der Waals surface area contributed by atoms with Crippen LogP contribution in [0.15, 0.2) is 36.7 Å². The number of nitrogens with two attached hydrogens (primary N) is 1. The molecule has 0 aliphatic rings. The number of carbonyl (C=O) groups excluding carboxylic acids is 3. The number of ether oxygens (including phenoxy) is 1. The van der Waals surface area contributed by atoms with Crippen LogP contribution in [0.5, 0.6) is 0 Å². The predicted molar refractivity (Wildman–Crippen MR) is 156 cm³/mol. The summed E-state index contributed by atoms with van der Waals surface area (Å²) in [5, 5.41) is 20.3. The minimum atomic E-state index is -0.651. The lowest BCUT2D eigenvalue weighted by Gasteiger charge is -2.20. The number of hydrogen-bond donors (Lipinski definition) is 3. The zero-order valence-corrected chi connectivity index (χ0v) is 24.5. The third-order valence-corrected chi connectivity index (χ3v) is 6.35. The summed E-state index contributed by atoms with van der Waals surface area (Å²) >= 11 is 6.08. The van der Waals surface area contributed by atoms with E-state index in [1.165, 1.54) is 17.1 Å². The second-order valence-corrected chi connectivity index (χ2v) is 11.1. The number of aryl methyl sites for hydroxylation is 2. The molecule has 42 heavy (non-hydrogen) atoms. The highest BCUT2D eigenvalue weighted by Gasteiger charge is 2.20. The number of pyridine rings is 2. The van der Waals surface area contributed by atoms with Gasteiger partial charge in [0.25, 0.3) is 11.8 Å². The molecule has 0 unspecified atom stereocenters. The third kappa shape index (κ3) is 7.00. The Hall–Kier alpha value is -5.02. The molecule has 0 spiro atoms. The fourth-order valence-electron chi connectivity index (χ4n) is 4.36. The fourth-order valence-corrected chi connectivity index (χ4v) is 4.53. The topological polar surface area (TPSA) is 178 Å². The predicted octanol–water partition coefficient (Wildman–Crippen LogP) is 4.39. The Morgan fingerprint density at radius 3 is 2.52 bits per heavy atom. The molecule has 1 aromatic carbocycles. The zero-order chi connectivity index (χ0) is 30.8. The van der Waals surface area contributed by atoms with Crippen molar-refractivity contribution in [3.63, 3.8) is 0 Å². The van der Waals surface area contributed by atoms with E-state index in [-0.39, 0.29) is 29.9 Å². The molecular formula is C29H29ClN8O4. The van der Waals surface area contributed by atoms with Gasteiger partial charge in [-0.1, -0.05) is 11.6 Å². The van der Waals surface area contributed by atoms with E-state index in [0.29, 0.717) is 33.0 Å². The Kier molecular flexibility index (Phi) is 8.44. The molecule has 0 aliphatic carbocycles. The monoisotopic (exact) mass is 588 g/mol. The Morgan fingerprint density at radius 1 is 1.14 bits per heavy atom. The van der Waals surface area contributed by atoms with Gasteiger partial charge < -0.3 is 15.8 Å². The first-order valence-corrected chi connectivity index (χ1v) is 13.2. The molecular weight excluding hydrogens is 560 g/mol. The van der Waals surface area contributed by atoms with Gasteiger partial charge in [0.1, 0.15) is 17.5 Å². The standard InChI is InChI=1S/C29H29ClN8O4/c1-15-6-24(36-28(41)42-29(3,4)5)35-16(2)21(15)12-34-27(40)22-14-38(37-23(22)10-31)13-17-7-18-9-19(30)11-33-25(18)20(8-17)26(32)39/h6-9,11,14H,12-13H2,1-5H3,(H2,32,39)(H,34,40)(H,35,36,41). The van der Waals surface area contributed by atoms with Crippen LogP contribution in [-0.2, 0) is 17.8 Å². The van der Waals surface area contributed by atoms with Gasteiger partial charge in [0, 0.05) is 30.0 Å². The van der Waals surface area contributed by atoms with Crippen molar-refractivity contribution < 1.29 is 19.1 Å². The van der Waals surface area contributed by atoms with Crippen molar-refractivity contribution in [2.45, 2.75) is 53.3 Å². The van der Waals surface area contributed by atoms with Crippen molar-refractivity contribution in [3.8, 4) is 6.07 Å². The van der Waals surface area contributed by atoms with E-state index in [0.717, 1.165) is 11.1 Å². The summed E-state index contributed by atoms with van der Waals surface area (Å²) in [6.07, 6.45) is 2.28. The van der Waals surface area contributed by atoms with Gasteiger partial charge in [-0.15, -0.1) is 0 Å². The van der Waals surface area contributed by atoms with Gasteiger partial charge >= 0.3 is 6.09 Å². The molecule has 0 saturated heterocycles. The third-order valence-electron chi connectivity index (χ3n) is 6.14. The van der Waals surface area contributed by atoms with Crippen LogP contribution in [-0.4, -0.2) is 43.3 Å². The maximum atomic E-state index is 13.1. The van der Waals surface area contributed by atoms with Gasteiger partial charge in [0.15, 0.2) is 5.69 Å². The largest absolute Gasteiger partial charge is 0.444 e. The first-order valence-electron chi connectivity index (χ1n) is 12.8. The summed E-state index contributed by atoms with van der Waals surface area (Å²) in [4.78, 5) is 45.9. The van der Waals surface area contributed by atoms with Crippen molar-refractivity contribution in [2.75, 3.05) is 5.32 Å². The molecule has 0 aliphatic heterocycles. The van der Waals surface area contributed by atoms with Crippen LogP contribution in [0.3, 0.4) is 0 Å². The molecule has 12 nitrogen and oxygen atoms in total. The molecule has 4 rings (SSSR count). The number of nitrogens with zero attached hydrogens (tertiary/aromatic N) is 5. The molecule has 4 aromatic rings. The molecule has 0 bridgehead atoms. The number of primary amides is 1. The summed E-state index contributed by atoms with van der Waals surface area (Å²) < 4.78 is 6.71. The van der Waals surface area contributed by atoms with Crippen molar-refractivity contribution in [1.82, 2.24) is 25.1 Å². The number of carbonyl (C=O) groups is 3. The van der Waals surface area contributed by atoms with Gasteiger partial charge in [-0.25, -0.2) is 9.78 Å².